The lowest BCUT2D eigenvalue weighted by atomic mass is 10.2. The lowest BCUT2D eigenvalue weighted by Gasteiger charge is -2.15. The van der Waals surface area contributed by atoms with Gasteiger partial charge in [0, 0.05) is 6.07 Å². The van der Waals surface area contributed by atoms with Crippen molar-refractivity contribution < 1.29 is 13.9 Å². The first-order chi connectivity index (χ1) is 10.6. The predicted octanol–water partition coefficient (Wildman–Crippen LogP) is 3.01. The van der Waals surface area contributed by atoms with E-state index in [0.29, 0.717) is 17.5 Å². The summed E-state index contributed by atoms with van der Waals surface area (Å²) in [4.78, 5) is 12.0. The summed E-state index contributed by atoms with van der Waals surface area (Å²) < 4.78 is 19.9. The van der Waals surface area contributed by atoms with Crippen LogP contribution in [-0.4, -0.2) is 22.3 Å². The van der Waals surface area contributed by atoms with Crippen LogP contribution in [0.5, 0.6) is 5.75 Å². The van der Waals surface area contributed by atoms with Crippen LogP contribution in [0.1, 0.15) is 25.8 Å². The quantitative estimate of drug-likeness (QED) is 0.892. The summed E-state index contributed by atoms with van der Waals surface area (Å²) in [5.41, 5.74) is 0. The van der Waals surface area contributed by atoms with Crippen LogP contribution < -0.4 is 10.1 Å². The van der Waals surface area contributed by atoms with E-state index in [1.807, 2.05) is 4.68 Å². The molecule has 1 N–H and O–H groups in total. The second-order valence-electron chi connectivity index (χ2n) is 5.53. The molecule has 5 nitrogen and oxygen atoms in total. The Hall–Kier alpha value is -2.37. The van der Waals surface area contributed by atoms with E-state index in [0.717, 1.165) is 0 Å². The second-order valence-corrected chi connectivity index (χ2v) is 5.53. The van der Waals surface area contributed by atoms with Crippen molar-refractivity contribution in [3.05, 3.63) is 42.3 Å². The fourth-order valence-electron chi connectivity index (χ4n) is 2.37. The molecule has 1 heterocycles. The van der Waals surface area contributed by atoms with E-state index in [4.69, 9.17) is 4.74 Å². The number of hydrogen-bond acceptors (Lipinski definition) is 3. The van der Waals surface area contributed by atoms with Crippen molar-refractivity contribution >= 4 is 11.7 Å². The Bertz CT molecular complexity index is 650. The smallest absolute Gasteiger partial charge is 0.263 e. The Morgan fingerprint density at radius 2 is 2.14 bits per heavy atom. The molecule has 1 amide bonds. The molecule has 1 aliphatic rings. The highest BCUT2D eigenvalue weighted by Gasteiger charge is 2.30. The first kappa shape index (κ1) is 14.6. The number of amides is 1. The van der Waals surface area contributed by atoms with E-state index in [1.54, 1.807) is 12.3 Å². The number of hydrogen-bond donors (Lipinski definition) is 1. The summed E-state index contributed by atoms with van der Waals surface area (Å²) in [6, 6.07) is 7.61. The highest BCUT2D eigenvalue weighted by Crippen LogP contribution is 2.40. The van der Waals surface area contributed by atoms with Gasteiger partial charge in [0.05, 0.1) is 12.2 Å². The zero-order valence-corrected chi connectivity index (χ0v) is 12.3. The van der Waals surface area contributed by atoms with E-state index in [2.05, 4.69) is 17.3 Å². The number of aromatic nitrogens is 2. The van der Waals surface area contributed by atoms with Gasteiger partial charge in [0.2, 0.25) is 0 Å². The van der Waals surface area contributed by atoms with E-state index in [9.17, 15) is 9.18 Å². The van der Waals surface area contributed by atoms with Crippen molar-refractivity contribution in [1.82, 2.24) is 9.78 Å². The number of halogens is 1. The molecule has 0 saturated heterocycles. The third-order valence-corrected chi connectivity index (χ3v) is 3.81. The van der Waals surface area contributed by atoms with Crippen LogP contribution in [0, 0.1) is 11.7 Å². The molecular weight excluding hydrogens is 285 g/mol. The molecule has 1 saturated carbocycles. The van der Waals surface area contributed by atoms with Crippen LogP contribution in [0.3, 0.4) is 0 Å². The Morgan fingerprint density at radius 3 is 2.82 bits per heavy atom. The highest BCUT2D eigenvalue weighted by atomic mass is 19.1. The van der Waals surface area contributed by atoms with Crippen LogP contribution >= 0.6 is 0 Å². The monoisotopic (exact) mass is 303 g/mol. The summed E-state index contributed by atoms with van der Waals surface area (Å²) in [5, 5.41) is 7.08. The Kier molecular flexibility index (Phi) is 4.09. The molecule has 0 radical (unpaired) electrons. The topological polar surface area (TPSA) is 56.2 Å². The molecule has 116 valence electrons. The van der Waals surface area contributed by atoms with Gasteiger partial charge in [0.15, 0.2) is 6.61 Å². The molecule has 1 aromatic carbocycles. The maximum Gasteiger partial charge on any atom is 0.263 e. The number of carbonyl (C=O) groups excluding carboxylic acids is 1. The van der Waals surface area contributed by atoms with Gasteiger partial charge < -0.3 is 10.1 Å². The van der Waals surface area contributed by atoms with Crippen molar-refractivity contribution in [2.24, 2.45) is 5.92 Å². The number of benzene rings is 1. The summed E-state index contributed by atoms with van der Waals surface area (Å²) in [6.45, 7) is 1.98. The average Bonchev–Trinajstić information content (AvgIpc) is 3.26. The molecule has 0 aliphatic heterocycles. The van der Waals surface area contributed by atoms with Gasteiger partial charge in [0.25, 0.3) is 5.91 Å². The van der Waals surface area contributed by atoms with E-state index in [-0.39, 0.29) is 24.4 Å². The SMILES string of the molecule is CC(C1CC1)n1nccc1NC(=O)COc1ccc(F)cc1. The van der Waals surface area contributed by atoms with E-state index >= 15 is 0 Å². The predicted molar refractivity (Wildman–Crippen MR) is 80.2 cm³/mol. The van der Waals surface area contributed by atoms with Gasteiger partial charge in [-0.1, -0.05) is 0 Å². The molecule has 3 rings (SSSR count). The van der Waals surface area contributed by atoms with Gasteiger partial charge in [0.1, 0.15) is 17.4 Å². The van der Waals surface area contributed by atoms with Crippen molar-refractivity contribution in [2.45, 2.75) is 25.8 Å². The van der Waals surface area contributed by atoms with E-state index in [1.165, 1.54) is 37.1 Å². The summed E-state index contributed by atoms with van der Waals surface area (Å²) >= 11 is 0. The molecular formula is C16H18FN3O2. The van der Waals surface area contributed by atoms with Gasteiger partial charge >= 0.3 is 0 Å². The molecule has 22 heavy (non-hydrogen) atoms. The van der Waals surface area contributed by atoms with Crippen LogP contribution in [-0.2, 0) is 4.79 Å². The Balaban J connectivity index is 1.55. The minimum Gasteiger partial charge on any atom is -0.484 e. The molecule has 1 atom stereocenters. The summed E-state index contributed by atoms with van der Waals surface area (Å²) in [5.74, 6) is 1.17. The van der Waals surface area contributed by atoms with Crippen molar-refractivity contribution in [1.29, 1.82) is 0 Å². The number of ether oxygens (including phenoxy) is 1. The number of anilines is 1. The minimum atomic E-state index is -0.338. The van der Waals surface area contributed by atoms with Crippen LogP contribution in [0.2, 0.25) is 0 Å². The molecule has 1 aliphatic carbocycles. The summed E-state index contributed by atoms with van der Waals surface area (Å²) in [6.07, 6.45) is 4.10. The minimum absolute atomic E-state index is 0.130. The molecule has 6 heteroatoms. The van der Waals surface area contributed by atoms with Gasteiger partial charge in [-0.2, -0.15) is 5.10 Å². The molecule has 2 aromatic rings. The lowest BCUT2D eigenvalue weighted by molar-refractivity contribution is -0.118. The maximum absolute atomic E-state index is 12.8. The fourth-order valence-corrected chi connectivity index (χ4v) is 2.37. The van der Waals surface area contributed by atoms with Gasteiger partial charge in [-0.05, 0) is 49.9 Å². The van der Waals surface area contributed by atoms with Crippen LogP contribution in [0.15, 0.2) is 36.5 Å². The van der Waals surface area contributed by atoms with Crippen molar-refractivity contribution in [3.63, 3.8) is 0 Å². The third-order valence-electron chi connectivity index (χ3n) is 3.81. The first-order valence-corrected chi connectivity index (χ1v) is 7.35. The standard InChI is InChI=1S/C16H18FN3O2/c1-11(12-2-3-12)20-15(8-9-18-20)19-16(21)10-22-14-6-4-13(17)5-7-14/h4-9,11-12H,2-3,10H2,1H3,(H,19,21). The number of carbonyl (C=O) groups is 1. The Labute approximate surface area is 128 Å². The van der Waals surface area contributed by atoms with E-state index < -0.39 is 0 Å². The number of nitrogens with one attached hydrogen (secondary N) is 1. The normalized spacial score (nSPS) is 15.4. The third kappa shape index (κ3) is 3.44. The van der Waals surface area contributed by atoms with Gasteiger partial charge in [-0.3, -0.25) is 4.79 Å². The highest BCUT2D eigenvalue weighted by molar-refractivity contribution is 5.91. The Morgan fingerprint density at radius 1 is 1.41 bits per heavy atom. The van der Waals surface area contributed by atoms with Crippen LogP contribution in [0.4, 0.5) is 10.2 Å². The number of nitrogens with zero attached hydrogens (tertiary/aromatic N) is 2. The average molecular weight is 303 g/mol. The zero-order valence-electron chi connectivity index (χ0n) is 12.3. The first-order valence-electron chi connectivity index (χ1n) is 7.35. The van der Waals surface area contributed by atoms with Gasteiger partial charge in [-0.15, -0.1) is 0 Å². The largest absolute Gasteiger partial charge is 0.484 e. The summed E-state index contributed by atoms with van der Waals surface area (Å²) in [7, 11) is 0. The fraction of sp³-hybridized carbons (Fsp3) is 0.375. The molecule has 1 aromatic heterocycles. The number of rotatable bonds is 6. The molecule has 0 spiro atoms. The van der Waals surface area contributed by atoms with Crippen molar-refractivity contribution in [3.8, 4) is 5.75 Å². The lowest BCUT2D eigenvalue weighted by Crippen LogP contribution is -2.23. The molecule has 1 unspecified atom stereocenters. The molecule has 1 fully saturated rings. The van der Waals surface area contributed by atoms with Crippen LogP contribution in [0.25, 0.3) is 0 Å². The zero-order chi connectivity index (χ0) is 15.5. The second kappa shape index (κ2) is 6.17. The van der Waals surface area contributed by atoms with Crippen molar-refractivity contribution in [2.75, 3.05) is 11.9 Å². The maximum atomic E-state index is 12.8. The van der Waals surface area contributed by atoms with Gasteiger partial charge in [-0.25, -0.2) is 9.07 Å². The molecule has 0 bridgehead atoms.